The minimum Gasteiger partial charge on any atom is -0.380 e. The SMILES string of the molecule is CCOCCN(C)c1cnccc1CNC. The number of nitrogens with one attached hydrogen (secondary N) is 1. The van der Waals surface area contributed by atoms with E-state index < -0.39 is 0 Å². The summed E-state index contributed by atoms with van der Waals surface area (Å²) in [5.41, 5.74) is 2.42. The van der Waals surface area contributed by atoms with Crippen molar-refractivity contribution in [1.29, 1.82) is 0 Å². The summed E-state index contributed by atoms with van der Waals surface area (Å²) in [6.45, 7) is 5.27. The van der Waals surface area contributed by atoms with Crippen molar-refractivity contribution in [3.8, 4) is 0 Å². The zero-order chi connectivity index (χ0) is 11.8. The maximum atomic E-state index is 5.35. The molecule has 1 N–H and O–H groups in total. The molecule has 0 saturated heterocycles. The van der Waals surface area contributed by atoms with Crippen LogP contribution in [0.2, 0.25) is 0 Å². The molecule has 0 aliphatic rings. The third-order valence-corrected chi connectivity index (χ3v) is 2.44. The van der Waals surface area contributed by atoms with Crippen molar-refractivity contribution < 1.29 is 4.74 Å². The number of nitrogens with zero attached hydrogens (tertiary/aromatic N) is 2. The van der Waals surface area contributed by atoms with E-state index in [-0.39, 0.29) is 0 Å². The Morgan fingerprint density at radius 1 is 1.50 bits per heavy atom. The molecule has 0 aromatic carbocycles. The van der Waals surface area contributed by atoms with Crippen molar-refractivity contribution in [2.45, 2.75) is 13.5 Å². The molecule has 1 heterocycles. The quantitative estimate of drug-likeness (QED) is 0.706. The Hall–Kier alpha value is -1.13. The van der Waals surface area contributed by atoms with Crippen molar-refractivity contribution in [1.82, 2.24) is 10.3 Å². The average Bonchev–Trinajstić information content (AvgIpc) is 2.30. The Bertz CT molecular complexity index is 304. The fraction of sp³-hybridized carbons (Fsp3) is 0.583. The van der Waals surface area contributed by atoms with Crippen LogP contribution in [0.3, 0.4) is 0 Å². The Labute approximate surface area is 97.6 Å². The number of likely N-dealkylation sites (N-methyl/N-ethyl adjacent to an activating group) is 1. The highest BCUT2D eigenvalue weighted by molar-refractivity contribution is 5.50. The lowest BCUT2D eigenvalue weighted by atomic mass is 10.2. The molecule has 90 valence electrons. The van der Waals surface area contributed by atoms with Crippen LogP contribution < -0.4 is 10.2 Å². The van der Waals surface area contributed by atoms with Gasteiger partial charge in [0, 0.05) is 32.9 Å². The summed E-state index contributed by atoms with van der Waals surface area (Å²) in [6.07, 6.45) is 3.73. The number of hydrogen-bond acceptors (Lipinski definition) is 4. The summed E-state index contributed by atoms with van der Waals surface area (Å²) in [4.78, 5) is 6.34. The first-order valence-electron chi connectivity index (χ1n) is 5.66. The van der Waals surface area contributed by atoms with Gasteiger partial charge >= 0.3 is 0 Å². The van der Waals surface area contributed by atoms with E-state index in [2.05, 4.69) is 22.2 Å². The molecule has 0 amide bonds. The standard InChI is InChI=1S/C12H21N3O/c1-4-16-8-7-15(3)12-10-14-6-5-11(12)9-13-2/h5-6,10,13H,4,7-9H2,1-3H3. The molecule has 0 fully saturated rings. The molecule has 0 bridgehead atoms. The number of ether oxygens (including phenoxy) is 1. The van der Waals surface area contributed by atoms with E-state index >= 15 is 0 Å². The molecule has 0 unspecified atom stereocenters. The summed E-state index contributed by atoms with van der Waals surface area (Å²) in [5.74, 6) is 0. The van der Waals surface area contributed by atoms with E-state index in [1.54, 1.807) is 0 Å². The number of hydrogen-bond donors (Lipinski definition) is 1. The van der Waals surface area contributed by atoms with Gasteiger partial charge in [-0.1, -0.05) is 0 Å². The highest BCUT2D eigenvalue weighted by Crippen LogP contribution is 2.17. The van der Waals surface area contributed by atoms with Gasteiger partial charge in [-0.2, -0.15) is 0 Å². The Kier molecular flexibility index (Phi) is 5.82. The molecule has 4 nitrogen and oxygen atoms in total. The number of pyridine rings is 1. The minimum absolute atomic E-state index is 0.751. The second kappa shape index (κ2) is 7.19. The zero-order valence-electron chi connectivity index (χ0n) is 10.4. The van der Waals surface area contributed by atoms with Crippen LogP contribution in [-0.2, 0) is 11.3 Å². The molecule has 0 aliphatic carbocycles. The van der Waals surface area contributed by atoms with Gasteiger partial charge in [-0.15, -0.1) is 0 Å². The third kappa shape index (κ3) is 3.79. The predicted molar refractivity (Wildman–Crippen MR) is 66.8 cm³/mol. The Morgan fingerprint density at radius 3 is 3.00 bits per heavy atom. The van der Waals surface area contributed by atoms with E-state index in [4.69, 9.17) is 4.74 Å². The smallest absolute Gasteiger partial charge is 0.0641 e. The summed E-state index contributed by atoms with van der Waals surface area (Å²) < 4.78 is 5.35. The summed E-state index contributed by atoms with van der Waals surface area (Å²) >= 11 is 0. The average molecular weight is 223 g/mol. The summed E-state index contributed by atoms with van der Waals surface area (Å²) in [5, 5.41) is 3.16. The van der Waals surface area contributed by atoms with Gasteiger partial charge in [-0.25, -0.2) is 0 Å². The van der Waals surface area contributed by atoms with Crippen molar-refractivity contribution in [2.24, 2.45) is 0 Å². The number of aromatic nitrogens is 1. The van der Waals surface area contributed by atoms with Crippen molar-refractivity contribution in [3.63, 3.8) is 0 Å². The van der Waals surface area contributed by atoms with E-state index in [9.17, 15) is 0 Å². The van der Waals surface area contributed by atoms with Gasteiger partial charge in [-0.05, 0) is 25.6 Å². The molecular formula is C12H21N3O. The van der Waals surface area contributed by atoms with E-state index in [0.717, 1.165) is 32.0 Å². The molecule has 16 heavy (non-hydrogen) atoms. The molecule has 0 atom stereocenters. The lowest BCUT2D eigenvalue weighted by Gasteiger charge is -2.21. The van der Waals surface area contributed by atoms with Crippen LogP contribution in [0.4, 0.5) is 5.69 Å². The third-order valence-electron chi connectivity index (χ3n) is 2.44. The van der Waals surface area contributed by atoms with Crippen LogP contribution in [-0.4, -0.2) is 38.8 Å². The number of rotatable bonds is 7. The molecule has 1 rings (SSSR count). The summed E-state index contributed by atoms with van der Waals surface area (Å²) in [6, 6.07) is 2.04. The predicted octanol–water partition coefficient (Wildman–Crippen LogP) is 1.27. The number of anilines is 1. The molecule has 4 heteroatoms. The highest BCUT2D eigenvalue weighted by Gasteiger charge is 2.06. The maximum absolute atomic E-state index is 5.35. The molecule has 0 aliphatic heterocycles. The Balaban J connectivity index is 2.62. The van der Waals surface area contributed by atoms with Gasteiger partial charge in [0.2, 0.25) is 0 Å². The van der Waals surface area contributed by atoms with Gasteiger partial charge in [0.05, 0.1) is 18.5 Å². The van der Waals surface area contributed by atoms with Crippen LogP contribution in [0, 0.1) is 0 Å². The lowest BCUT2D eigenvalue weighted by Crippen LogP contribution is -2.24. The minimum atomic E-state index is 0.751. The molecule has 0 spiro atoms. The van der Waals surface area contributed by atoms with Crippen LogP contribution in [0.1, 0.15) is 12.5 Å². The van der Waals surface area contributed by atoms with Crippen molar-refractivity contribution in [3.05, 3.63) is 24.0 Å². The fourth-order valence-electron chi connectivity index (χ4n) is 1.56. The van der Waals surface area contributed by atoms with Gasteiger partial charge in [0.15, 0.2) is 0 Å². The monoisotopic (exact) mass is 223 g/mol. The molecule has 1 aromatic heterocycles. The zero-order valence-corrected chi connectivity index (χ0v) is 10.4. The largest absolute Gasteiger partial charge is 0.380 e. The second-order valence-electron chi connectivity index (χ2n) is 3.65. The van der Waals surface area contributed by atoms with Gasteiger partial charge < -0.3 is 15.0 Å². The highest BCUT2D eigenvalue weighted by atomic mass is 16.5. The molecule has 0 saturated carbocycles. The van der Waals surface area contributed by atoms with Crippen LogP contribution in [0.25, 0.3) is 0 Å². The van der Waals surface area contributed by atoms with Gasteiger partial charge in [0.25, 0.3) is 0 Å². The lowest BCUT2D eigenvalue weighted by molar-refractivity contribution is 0.154. The first-order chi connectivity index (χ1) is 7.79. The van der Waals surface area contributed by atoms with Gasteiger partial charge in [0.1, 0.15) is 0 Å². The second-order valence-corrected chi connectivity index (χ2v) is 3.65. The van der Waals surface area contributed by atoms with Crippen LogP contribution >= 0.6 is 0 Å². The normalized spacial score (nSPS) is 10.4. The molecule has 1 aromatic rings. The molecular weight excluding hydrogens is 202 g/mol. The van der Waals surface area contributed by atoms with E-state index in [1.807, 2.05) is 32.4 Å². The van der Waals surface area contributed by atoms with Crippen molar-refractivity contribution in [2.75, 3.05) is 38.8 Å². The first-order valence-corrected chi connectivity index (χ1v) is 5.66. The molecule has 0 radical (unpaired) electrons. The fourth-order valence-corrected chi connectivity index (χ4v) is 1.56. The van der Waals surface area contributed by atoms with E-state index in [0.29, 0.717) is 0 Å². The van der Waals surface area contributed by atoms with Crippen LogP contribution in [0.5, 0.6) is 0 Å². The van der Waals surface area contributed by atoms with Gasteiger partial charge in [-0.3, -0.25) is 4.98 Å². The Morgan fingerprint density at radius 2 is 2.31 bits per heavy atom. The van der Waals surface area contributed by atoms with Crippen molar-refractivity contribution >= 4 is 5.69 Å². The van der Waals surface area contributed by atoms with Crippen LogP contribution in [0.15, 0.2) is 18.5 Å². The topological polar surface area (TPSA) is 37.4 Å². The summed E-state index contributed by atoms with van der Waals surface area (Å²) in [7, 11) is 4.01. The first kappa shape index (κ1) is 12.9. The van der Waals surface area contributed by atoms with E-state index in [1.165, 1.54) is 5.56 Å². The maximum Gasteiger partial charge on any atom is 0.0641 e.